The average Bonchev–Trinajstić information content (AvgIpc) is 3.01. The summed E-state index contributed by atoms with van der Waals surface area (Å²) in [6.07, 6.45) is 1.51. The van der Waals surface area contributed by atoms with E-state index in [1.54, 1.807) is 30.3 Å². The zero-order valence-electron chi connectivity index (χ0n) is 11.8. The number of thiazole rings is 1. The largest absolute Gasteiger partial charge is 0.331 e. The SMILES string of the molecule is O=C(c1ccc(Cl)c(Cl)c1)c1cnc(Nc2ccc(Cl)c(Cl)c2)s1. The summed E-state index contributed by atoms with van der Waals surface area (Å²) >= 11 is 24.9. The van der Waals surface area contributed by atoms with Gasteiger partial charge in [-0.25, -0.2) is 4.98 Å². The molecule has 3 aromatic rings. The van der Waals surface area contributed by atoms with Crippen molar-refractivity contribution in [2.45, 2.75) is 0 Å². The molecule has 0 saturated heterocycles. The summed E-state index contributed by atoms with van der Waals surface area (Å²) in [7, 11) is 0. The normalized spacial score (nSPS) is 10.7. The Morgan fingerprint density at radius 1 is 0.917 bits per heavy atom. The summed E-state index contributed by atoms with van der Waals surface area (Å²) in [6, 6.07) is 9.90. The number of carbonyl (C=O) groups excluding carboxylic acids is 1. The highest BCUT2D eigenvalue weighted by atomic mass is 35.5. The number of ketones is 1. The number of benzene rings is 2. The molecule has 3 rings (SSSR count). The van der Waals surface area contributed by atoms with Crippen molar-refractivity contribution in [2.24, 2.45) is 0 Å². The summed E-state index contributed by atoms with van der Waals surface area (Å²) in [5, 5.41) is 5.29. The third kappa shape index (κ3) is 3.85. The lowest BCUT2D eigenvalue weighted by Crippen LogP contribution is -1.98. The third-order valence-electron chi connectivity index (χ3n) is 3.08. The van der Waals surface area contributed by atoms with E-state index in [1.807, 2.05) is 0 Å². The number of nitrogens with one attached hydrogen (secondary N) is 1. The number of aromatic nitrogens is 1. The second-order valence-electron chi connectivity index (χ2n) is 4.74. The highest BCUT2D eigenvalue weighted by molar-refractivity contribution is 7.17. The number of halogens is 4. The van der Waals surface area contributed by atoms with Crippen molar-refractivity contribution in [3.8, 4) is 0 Å². The molecular weight excluding hydrogens is 410 g/mol. The van der Waals surface area contributed by atoms with Crippen LogP contribution in [0.15, 0.2) is 42.6 Å². The van der Waals surface area contributed by atoms with Crippen molar-refractivity contribution < 1.29 is 4.79 Å². The Balaban J connectivity index is 1.80. The van der Waals surface area contributed by atoms with Gasteiger partial charge in [0.15, 0.2) is 5.13 Å². The number of anilines is 2. The Bertz CT molecular complexity index is 926. The lowest BCUT2D eigenvalue weighted by molar-refractivity contribution is 0.104. The van der Waals surface area contributed by atoms with Gasteiger partial charge in [-0.3, -0.25) is 4.79 Å². The molecule has 0 aliphatic heterocycles. The van der Waals surface area contributed by atoms with Crippen LogP contribution in [0, 0.1) is 0 Å². The second kappa shape index (κ2) is 7.30. The second-order valence-corrected chi connectivity index (χ2v) is 7.40. The molecule has 0 fully saturated rings. The zero-order chi connectivity index (χ0) is 17.3. The molecule has 8 heteroatoms. The molecule has 0 amide bonds. The Morgan fingerprint density at radius 3 is 2.25 bits per heavy atom. The molecular formula is C16H8Cl4N2OS. The maximum absolute atomic E-state index is 12.5. The van der Waals surface area contributed by atoms with E-state index in [4.69, 9.17) is 46.4 Å². The first-order chi connectivity index (χ1) is 11.4. The van der Waals surface area contributed by atoms with Gasteiger partial charge in [-0.2, -0.15) is 0 Å². The van der Waals surface area contributed by atoms with E-state index in [0.717, 1.165) is 5.69 Å². The topological polar surface area (TPSA) is 42.0 Å². The molecule has 0 saturated carbocycles. The number of carbonyl (C=O) groups is 1. The van der Waals surface area contributed by atoms with Crippen LogP contribution in [0.3, 0.4) is 0 Å². The fraction of sp³-hybridized carbons (Fsp3) is 0. The molecule has 1 N–H and O–H groups in total. The molecule has 0 unspecified atom stereocenters. The minimum Gasteiger partial charge on any atom is -0.331 e. The fourth-order valence-electron chi connectivity index (χ4n) is 1.91. The van der Waals surface area contributed by atoms with Crippen molar-refractivity contribution >= 4 is 74.3 Å². The number of hydrogen-bond donors (Lipinski definition) is 1. The Labute approximate surface area is 162 Å². The van der Waals surface area contributed by atoms with Crippen molar-refractivity contribution in [3.05, 3.63) is 73.1 Å². The molecule has 0 bridgehead atoms. The van der Waals surface area contributed by atoms with E-state index < -0.39 is 0 Å². The molecule has 0 atom stereocenters. The van der Waals surface area contributed by atoms with Gasteiger partial charge in [-0.1, -0.05) is 57.7 Å². The summed E-state index contributed by atoms with van der Waals surface area (Å²) in [5.74, 6) is -0.173. The highest BCUT2D eigenvalue weighted by Gasteiger charge is 2.14. The zero-order valence-corrected chi connectivity index (χ0v) is 15.7. The molecule has 1 aromatic heterocycles. The highest BCUT2D eigenvalue weighted by Crippen LogP contribution is 2.30. The predicted molar refractivity (Wildman–Crippen MR) is 102 cm³/mol. The maximum Gasteiger partial charge on any atom is 0.204 e. The van der Waals surface area contributed by atoms with Crippen LogP contribution in [0.5, 0.6) is 0 Å². The van der Waals surface area contributed by atoms with Gasteiger partial charge < -0.3 is 5.32 Å². The van der Waals surface area contributed by atoms with Gasteiger partial charge in [0.1, 0.15) is 0 Å². The molecule has 0 aliphatic rings. The van der Waals surface area contributed by atoms with Gasteiger partial charge in [0.05, 0.1) is 31.2 Å². The Hall–Kier alpha value is -1.30. The average molecular weight is 418 g/mol. The molecule has 3 nitrogen and oxygen atoms in total. The summed E-state index contributed by atoms with van der Waals surface area (Å²) < 4.78 is 0. The third-order valence-corrected chi connectivity index (χ3v) is 5.47. The summed E-state index contributed by atoms with van der Waals surface area (Å²) in [5.41, 5.74) is 1.18. The lowest BCUT2D eigenvalue weighted by atomic mass is 10.1. The Morgan fingerprint density at radius 2 is 1.58 bits per heavy atom. The first kappa shape index (κ1) is 17.5. The van der Waals surface area contributed by atoms with E-state index in [9.17, 15) is 4.79 Å². The molecule has 1 heterocycles. The minimum atomic E-state index is -0.173. The van der Waals surface area contributed by atoms with Crippen LogP contribution in [-0.4, -0.2) is 10.8 Å². The molecule has 2 aromatic carbocycles. The van der Waals surface area contributed by atoms with Gasteiger partial charge in [-0.15, -0.1) is 0 Å². The van der Waals surface area contributed by atoms with Crippen LogP contribution in [0.4, 0.5) is 10.8 Å². The monoisotopic (exact) mass is 416 g/mol. The number of rotatable bonds is 4. The summed E-state index contributed by atoms with van der Waals surface area (Å²) in [4.78, 5) is 17.2. The van der Waals surface area contributed by atoms with Crippen molar-refractivity contribution in [2.75, 3.05) is 5.32 Å². The number of nitrogens with zero attached hydrogens (tertiary/aromatic N) is 1. The van der Waals surface area contributed by atoms with Crippen LogP contribution in [0.25, 0.3) is 0 Å². The van der Waals surface area contributed by atoms with Crippen LogP contribution in [0.1, 0.15) is 15.2 Å². The van der Waals surface area contributed by atoms with Crippen LogP contribution < -0.4 is 5.32 Å². The van der Waals surface area contributed by atoms with Gasteiger partial charge in [0.2, 0.25) is 5.78 Å². The molecule has 0 spiro atoms. The maximum atomic E-state index is 12.5. The quantitative estimate of drug-likeness (QED) is 0.478. The van der Waals surface area contributed by atoms with Crippen molar-refractivity contribution in [3.63, 3.8) is 0 Å². The van der Waals surface area contributed by atoms with E-state index in [0.29, 0.717) is 35.7 Å². The first-order valence-electron chi connectivity index (χ1n) is 6.61. The van der Waals surface area contributed by atoms with Gasteiger partial charge in [-0.05, 0) is 36.4 Å². The van der Waals surface area contributed by atoms with Crippen LogP contribution >= 0.6 is 57.7 Å². The van der Waals surface area contributed by atoms with Gasteiger partial charge in [0.25, 0.3) is 0 Å². The van der Waals surface area contributed by atoms with E-state index in [2.05, 4.69) is 10.3 Å². The van der Waals surface area contributed by atoms with Crippen LogP contribution in [0.2, 0.25) is 20.1 Å². The first-order valence-corrected chi connectivity index (χ1v) is 8.94. The fourth-order valence-corrected chi connectivity index (χ4v) is 3.31. The molecule has 0 radical (unpaired) electrons. The van der Waals surface area contributed by atoms with Gasteiger partial charge >= 0.3 is 0 Å². The predicted octanol–water partition coefficient (Wildman–Crippen LogP) is 6.73. The lowest BCUT2D eigenvalue weighted by Gasteiger charge is -2.03. The Kier molecular flexibility index (Phi) is 5.33. The van der Waals surface area contributed by atoms with Crippen LogP contribution in [-0.2, 0) is 0 Å². The molecule has 0 aliphatic carbocycles. The summed E-state index contributed by atoms with van der Waals surface area (Å²) in [6.45, 7) is 0. The van der Waals surface area contributed by atoms with E-state index in [-0.39, 0.29) is 5.78 Å². The number of hydrogen-bond acceptors (Lipinski definition) is 4. The molecule has 122 valence electrons. The molecule has 24 heavy (non-hydrogen) atoms. The minimum absolute atomic E-state index is 0.173. The standard InChI is InChI=1S/C16H8Cl4N2OS/c17-10-3-1-8(5-12(10)19)15(23)14-7-21-16(24-14)22-9-2-4-11(18)13(20)6-9/h1-7H,(H,21,22). The van der Waals surface area contributed by atoms with E-state index >= 15 is 0 Å². The smallest absolute Gasteiger partial charge is 0.204 e. The van der Waals surface area contributed by atoms with Crippen molar-refractivity contribution in [1.82, 2.24) is 4.98 Å². The van der Waals surface area contributed by atoms with Crippen molar-refractivity contribution in [1.29, 1.82) is 0 Å². The van der Waals surface area contributed by atoms with Gasteiger partial charge in [0, 0.05) is 11.3 Å². The van der Waals surface area contributed by atoms with E-state index in [1.165, 1.54) is 23.6 Å².